The molecule has 4 aliphatic carbocycles. The van der Waals surface area contributed by atoms with E-state index in [0.29, 0.717) is 48.7 Å². The van der Waals surface area contributed by atoms with Gasteiger partial charge in [0.15, 0.2) is 0 Å². The highest BCUT2D eigenvalue weighted by atomic mass is 16.5. The lowest BCUT2D eigenvalue weighted by atomic mass is 9.48. The van der Waals surface area contributed by atoms with Crippen LogP contribution >= 0.6 is 0 Å². The minimum Gasteiger partial charge on any atom is -0.490 e. The summed E-state index contributed by atoms with van der Waals surface area (Å²) in [6.45, 7) is 2.69. The van der Waals surface area contributed by atoms with Crippen molar-refractivity contribution in [2.45, 2.75) is 45.1 Å². The number of aryl methyl sites for hydroxylation is 1. The van der Waals surface area contributed by atoms with Crippen molar-refractivity contribution in [1.82, 2.24) is 10.6 Å². The normalized spacial score (nSPS) is 25.9. The summed E-state index contributed by atoms with van der Waals surface area (Å²) in [6.07, 6.45) is 4.36. The molecule has 2 unspecified atom stereocenters. The Balaban J connectivity index is 0.962. The van der Waals surface area contributed by atoms with E-state index in [0.717, 1.165) is 30.4 Å². The lowest BCUT2D eigenvalue weighted by Gasteiger charge is -2.57. The fraction of sp³-hybridized carbons (Fsp3) is 0.382. The first-order valence-electron chi connectivity index (χ1n) is 14.5. The SMILES string of the molecule is Cc1ccccc1-c1ccc(C(=O)NCCNC(=O)c2ccc(OC3C4CC5CC3CC(C(=O)O)(C5)C4)cc2)cc1. The minimum atomic E-state index is -0.641. The molecule has 0 heterocycles. The maximum atomic E-state index is 12.6. The smallest absolute Gasteiger partial charge is 0.309 e. The van der Waals surface area contributed by atoms with Gasteiger partial charge in [0, 0.05) is 24.2 Å². The molecule has 2 amide bonds. The van der Waals surface area contributed by atoms with Gasteiger partial charge in [-0.2, -0.15) is 0 Å². The van der Waals surface area contributed by atoms with Crippen molar-refractivity contribution in [2.24, 2.45) is 23.2 Å². The average molecular weight is 553 g/mol. The van der Waals surface area contributed by atoms with Crippen LogP contribution in [0.25, 0.3) is 11.1 Å². The van der Waals surface area contributed by atoms with Gasteiger partial charge in [-0.25, -0.2) is 0 Å². The lowest BCUT2D eigenvalue weighted by molar-refractivity contribution is -0.175. The van der Waals surface area contributed by atoms with Crippen molar-refractivity contribution in [3.63, 3.8) is 0 Å². The van der Waals surface area contributed by atoms with Crippen molar-refractivity contribution in [3.8, 4) is 16.9 Å². The number of benzene rings is 3. The van der Waals surface area contributed by atoms with Gasteiger partial charge in [0.25, 0.3) is 11.8 Å². The minimum absolute atomic E-state index is 0.0426. The fourth-order valence-electron chi connectivity index (χ4n) is 7.53. The van der Waals surface area contributed by atoms with Crippen LogP contribution in [0.3, 0.4) is 0 Å². The predicted molar refractivity (Wildman–Crippen MR) is 156 cm³/mol. The summed E-state index contributed by atoms with van der Waals surface area (Å²) >= 11 is 0. The number of carboxylic acid groups (broad SMARTS) is 1. The monoisotopic (exact) mass is 552 g/mol. The maximum absolute atomic E-state index is 12.6. The predicted octanol–water partition coefficient (Wildman–Crippen LogP) is 5.48. The number of rotatable bonds is 9. The topological polar surface area (TPSA) is 105 Å². The number of hydrogen-bond donors (Lipinski definition) is 3. The summed E-state index contributed by atoms with van der Waals surface area (Å²) in [6, 6.07) is 22.8. The van der Waals surface area contributed by atoms with Crippen LogP contribution in [-0.4, -0.2) is 42.1 Å². The van der Waals surface area contributed by atoms with Crippen LogP contribution < -0.4 is 15.4 Å². The molecule has 3 aromatic carbocycles. The molecule has 0 spiro atoms. The molecule has 3 N–H and O–H groups in total. The summed E-state index contributed by atoms with van der Waals surface area (Å²) < 4.78 is 6.38. The van der Waals surface area contributed by atoms with E-state index in [4.69, 9.17) is 4.74 Å². The molecule has 4 saturated carbocycles. The largest absolute Gasteiger partial charge is 0.490 e. The zero-order valence-corrected chi connectivity index (χ0v) is 23.3. The van der Waals surface area contributed by atoms with Crippen molar-refractivity contribution in [1.29, 1.82) is 0 Å². The second-order valence-electron chi connectivity index (χ2n) is 12.1. The summed E-state index contributed by atoms with van der Waals surface area (Å²) in [5.41, 5.74) is 3.92. The summed E-state index contributed by atoms with van der Waals surface area (Å²) in [4.78, 5) is 37.2. The molecule has 2 atom stereocenters. The van der Waals surface area contributed by atoms with Gasteiger partial charge < -0.3 is 20.5 Å². The third-order valence-electron chi connectivity index (χ3n) is 9.33. The van der Waals surface area contributed by atoms with Gasteiger partial charge in [0.1, 0.15) is 11.9 Å². The van der Waals surface area contributed by atoms with E-state index in [9.17, 15) is 19.5 Å². The van der Waals surface area contributed by atoms with Gasteiger partial charge in [-0.15, -0.1) is 0 Å². The van der Waals surface area contributed by atoms with E-state index in [1.165, 1.54) is 5.56 Å². The standard InChI is InChI=1S/C34H36N2O5/c1-21-4-2-3-5-29(21)23-6-8-24(9-7-23)31(37)35-14-15-36-32(38)25-10-12-28(13-11-25)41-30-26-16-22-17-27(30)20-34(18-22,19-26)33(39)40/h2-13,22,26-27,30H,14-20H2,1H3,(H,35,37)(H,36,38)(H,39,40). The molecule has 212 valence electrons. The Labute approximate surface area is 240 Å². The van der Waals surface area contributed by atoms with Crippen LogP contribution in [0.2, 0.25) is 0 Å². The third-order valence-corrected chi connectivity index (χ3v) is 9.33. The van der Waals surface area contributed by atoms with Gasteiger partial charge in [0.2, 0.25) is 0 Å². The number of aliphatic carboxylic acids is 1. The Kier molecular flexibility index (Phi) is 7.28. The van der Waals surface area contributed by atoms with Crippen LogP contribution in [0.15, 0.2) is 72.8 Å². The van der Waals surface area contributed by atoms with E-state index in [1.54, 1.807) is 12.1 Å². The van der Waals surface area contributed by atoms with Crippen molar-refractivity contribution in [3.05, 3.63) is 89.5 Å². The molecule has 7 rings (SSSR count). The van der Waals surface area contributed by atoms with Crippen LogP contribution in [-0.2, 0) is 4.79 Å². The van der Waals surface area contributed by atoms with E-state index in [2.05, 4.69) is 29.7 Å². The second kappa shape index (κ2) is 11.0. The summed E-state index contributed by atoms with van der Waals surface area (Å²) in [7, 11) is 0. The van der Waals surface area contributed by atoms with Crippen molar-refractivity contribution >= 4 is 17.8 Å². The van der Waals surface area contributed by atoms with Gasteiger partial charge in [0.05, 0.1) is 5.41 Å². The first-order valence-corrected chi connectivity index (χ1v) is 14.5. The second-order valence-corrected chi connectivity index (χ2v) is 12.1. The molecular weight excluding hydrogens is 516 g/mol. The number of ether oxygens (including phenoxy) is 1. The molecule has 3 aromatic rings. The van der Waals surface area contributed by atoms with Crippen LogP contribution in [0.1, 0.15) is 58.4 Å². The molecule has 7 nitrogen and oxygen atoms in total. The summed E-state index contributed by atoms with van der Waals surface area (Å²) in [5.74, 6) is 0.733. The quantitative estimate of drug-likeness (QED) is 0.305. The highest BCUT2D eigenvalue weighted by Gasteiger charge is 2.59. The summed E-state index contributed by atoms with van der Waals surface area (Å²) in [5, 5.41) is 15.6. The van der Waals surface area contributed by atoms with Crippen LogP contribution in [0.5, 0.6) is 5.75 Å². The van der Waals surface area contributed by atoms with E-state index in [1.807, 2.05) is 48.5 Å². The van der Waals surface area contributed by atoms with Crippen LogP contribution in [0.4, 0.5) is 0 Å². The number of carbonyl (C=O) groups is 3. The van der Waals surface area contributed by atoms with E-state index in [-0.39, 0.29) is 29.8 Å². The fourth-order valence-corrected chi connectivity index (χ4v) is 7.53. The first-order chi connectivity index (χ1) is 19.8. The average Bonchev–Trinajstić information content (AvgIpc) is 2.97. The number of nitrogens with one attached hydrogen (secondary N) is 2. The molecule has 0 saturated heterocycles. The van der Waals surface area contributed by atoms with E-state index >= 15 is 0 Å². The maximum Gasteiger partial charge on any atom is 0.309 e. The third kappa shape index (κ3) is 5.45. The molecule has 0 aliphatic heterocycles. The molecule has 0 radical (unpaired) electrons. The highest BCUT2D eigenvalue weighted by Crippen LogP contribution is 2.60. The Hall–Kier alpha value is -4.13. The zero-order valence-electron chi connectivity index (χ0n) is 23.3. The van der Waals surface area contributed by atoms with E-state index < -0.39 is 11.4 Å². The Morgan fingerprint density at radius 3 is 1.93 bits per heavy atom. The molecule has 4 aliphatic rings. The number of carbonyl (C=O) groups excluding carboxylic acids is 2. The highest BCUT2D eigenvalue weighted by molar-refractivity contribution is 5.95. The van der Waals surface area contributed by atoms with Gasteiger partial charge in [-0.05, 0) is 110 Å². The van der Waals surface area contributed by atoms with Crippen molar-refractivity contribution in [2.75, 3.05) is 13.1 Å². The molecule has 41 heavy (non-hydrogen) atoms. The Bertz CT molecular complexity index is 1430. The molecule has 0 aromatic heterocycles. The molecule has 7 heteroatoms. The lowest BCUT2D eigenvalue weighted by Crippen LogP contribution is -2.57. The Morgan fingerprint density at radius 2 is 1.37 bits per heavy atom. The number of carboxylic acids is 1. The Morgan fingerprint density at radius 1 is 0.805 bits per heavy atom. The van der Waals surface area contributed by atoms with Gasteiger partial charge >= 0.3 is 5.97 Å². The molecular formula is C34H36N2O5. The van der Waals surface area contributed by atoms with Gasteiger partial charge in [-0.3, -0.25) is 14.4 Å². The number of hydrogen-bond acceptors (Lipinski definition) is 4. The molecule has 4 bridgehead atoms. The van der Waals surface area contributed by atoms with Gasteiger partial charge in [-0.1, -0.05) is 36.4 Å². The molecule has 4 fully saturated rings. The first kappa shape index (κ1) is 27.1. The van der Waals surface area contributed by atoms with Crippen molar-refractivity contribution < 1.29 is 24.2 Å². The number of amides is 2. The van der Waals surface area contributed by atoms with Crippen LogP contribution in [0, 0.1) is 30.1 Å². The zero-order chi connectivity index (χ0) is 28.6.